The molecule has 0 amide bonds. The van der Waals surface area contributed by atoms with Crippen molar-refractivity contribution in [2.75, 3.05) is 0 Å². The van der Waals surface area contributed by atoms with Gasteiger partial charge in [0.15, 0.2) is 5.16 Å². The van der Waals surface area contributed by atoms with Crippen LogP contribution in [0, 0.1) is 10.1 Å². The summed E-state index contributed by atoms with van der Waals surface area (Å²) in [5.74, 6) is 0.915. The first-order valence-electron chi connectivity index (χ1n) is 8.87. The van der Waals surface area contributed by atoms with Crippen LogP contribution in [0.2, 0.25) is 0 Å². The number of non-ortho nitro benzene ring substituents is 1. The Labute approximate surface area is 174 Å². The summed E-state index contributed by atoms with van der Waals surface area (Å²) in [5, 5.41) is 19.8. The van der Waals surface area contributed by atoms with E-state index in [1.165, 1.54) is 23.9 Å². The number of rotatable bonds is 7. The monoisotopic (exact) mass is 421 g/mol. The third-order valence-corrected chi connectivity index (χ3v) is 5.22. The van der Waals surface area contributed by atoms with Gasteiger partial charge in [-0.15, -0.1) is 16.8 Å². The van der Waals surface area contributed by atoms with Crippen LogP contribution in [0.1, 0.15) is 5.89 Å². The maximum atomic E-state index is 12.8. The third-order valence-electron chi connectivity index (χ3n) is 4.25. The van der Waals surface area contributed by atoms with Crippen molar-refractivity contribution in [2.45, 2.75) is 17.5 Å². The Morgan fingerprint density at radius 3 is 2.67 bits per heavy atom. The molecule has 2 aromatic carbocycles. The lowest BCUT2D eigenvalue weighted by Gasteiger charge is -2.10. The lowest BCUT2D eigenvalue weighted by molar-refractivity contribution is -0.384. The van der Waals surface area contributed by atoms with Crippen molar-refractivity contribution in [3.05, 3.63) is 87.5 Å². The predicted octanol–water partition coefficient (Wildman–Crippen LogP) is 3.83. The van der Waals surface area contributed by atoms with E-state index in [1.807, 2.05) is 6.07 Å². The number of hydrogen-bond donors (Lipinski definition) is 0. The van der Waals surface area contributed by atoms with Gasteiger partial charge in [-0.3, -0.25) is 19.5 Å². The molecule has 4 rings (SSSR count). The Bertz CT molecular complexity index is 1300. The van der Waals surface area contributed by atoms with E-state index in [2.05, 4.69) is 21.8 Å². The number of hydrogen-bond acceptors (Lipinski definition) is 8. The first kappa shape index (κ1) is 19.5. The fourth-order valence-electron chi connectivity index (χ4n) is 2.83. The Morgan fingerprint density at radius 2 is 1.93 bits per heavy atom. The van der Waals surface area contributed by atoms with Crippen LogP contribution in [0.25, 0.3) is 22.4 Å². The smallest absolute Gasteiger partial charge is 0.269 e. The van der Waals surface area contributed by atoms with Gasteiger partial charge in [-0.05, 0) is 24.3 Å². The molecule has 0 aliphatic carbocycles. The van der Waals surface area contributed by atoms with Crippen molar-refractivity contribution in [2.24, 2.45) is 0 Å². The highest BCUT2D eigenvalue weighted by atomic mass is 32.2. The summed E-state index contributed by atoms with van der Waals surface area (Å²) in [5.41, 5.74) is 1.04. The zero-order valence-corrected chi connectivity index (χ0v) is 16.4. The van der Waals surface area contributed by atoms with Crippen LogP contribution >= 0.6 is 11.8 Å². The Hall–Kier alpha value is -3.79. The quantitative estimate of drug-likeness (QED) is 0.145. The molecule has 150 valence electrons. The standard InChI is InChI=1S/C20H15N5O4S/c1-2-11-24-19(26)15-5-3-4-6-16(15)21-20(24)30-12-17-22-23-18(29-17)13-7-9-14(10-8-13)25(27)28/h2-10H,1,11-12H2. The molecule has 9 nitrogen and oxygen atoms in total. The van der Waals surface area contributed by atoms with E-state index in [-0.39, 0.29) is 17.1 Å². The van der Waals surface area contributed by atoms with Gasteiger partial charge in [-0.25, -0.2) is 4.98 Å². The van der Waals surface area contributed by atoms with Crippen LogP contribution in [0.3, 0.4) is 0 Å². The molecule has 0 saturated heterocycles. The SMILES string of the molecule is C=CCn1c(SCc2nnc(-c3ccc([N+](=O)[O-])cc3)o2)nc2ccccc2c1=O. The van der Waals surface area contributed by atoms with Gasteiger partial charge in [-0.2, -0.15) is 0 Å². The van der Waals surface area contributed by atoms with Gasteiger partial charge in [0.2, 0.25) is 11.8 Å². The van der Waals surface area contributed by atoms with Crippen LogP contribution in [0.15, 0.2) is 75.6 Å². The van der Waals surface area contributed by atoms with Gasteiger partial charge >= 0.3 is 0 Å². The van der Waals surface area contributed by atoms with Gasteiger partial charge in [0.05, 0.1) is 21.6 Å². The number of para-hydroxylation sites is 1. The Kier molecular flexibility index (Phi) is 5.40. The van der Waals surface area contributed by atoms with Crippen molar-refractivity contribution in [3.63, 3.8) is 0 Å². The minimum atomic E-state index is -0.473. The molecule has 0 aliphatic heterocycles. The average molecular weight is 421 g/mol. The van der Waals surface area contributed by atoms with E-state index >= 15 is 0 Å². The zero-order valence-electron chi connectivity index (χ0n) is 15.6. The van der Waals surface area contributed by atoms with Gasteiger partial charge in [0, 0.05) is 24.2 Å². The first-order valence-corrected chi connectivity index (χ1v) is 9.86. The molecule has 0 atom stereocenters. The summed E-state index contributed by atoms with van der Waals surface area (Å²) in [4.78, 5) is 27.7. The van der Waals surface area contributed by atoms with Crippen LogP contribution < -0.4 is 5.56 Å². The topological polar surface area (TPSA) is 117 Å². The Morgan fingerprint density at radius 1 is 1.17 bits per heavy atom. The van der Waals surface area contributed by atoms with Gasteiger partial charge in [0.25, 0.3) is 11.2 Å². The summed E-state index contributed by atoms with van der Waals surface area (Å²) in [6.07, 6.45) is 1.64. The van der Waals surface area contributed by atoms with E-state index < -0.39 is 4.92 Å². The second-order valence-electron chi connectivity index (χ2n) is 6.21. The highest BCUT2D eigenvalue weighted by Crippen LogP contribution is 2.25. The van der Waals surface area contributed by atoms with Crippen LogP contribution in [0.4, 0.5) is 5.69 Å². The number of nitro groups is 1. The third kappa shape index (κ3) is 3.85. The number of aromatic nitrogens is 4. The number of allylic oxidation sites excluding steroid dienone is 1. The normalized spacial score (nSPS) is 10.9. The van der Waals surface area contributed by atoms with Crippen molar-refractivity contribution >= 4 is 28.4 Å². The van der Waals surface area contributed by atoms with Gasteiger partial charge in [-0.1, -0.05) is 30.0 Å². The second-order valence-corrected chi connectivity index (χ2v) is 7.15. The zero-order chi connectivity index (χ0) is 21.1. The summed E-state index contributed by atoms with van der Waals surface area (Å²) >= 11 is 1.30. The van der Waals surface area contributed by atoms with E-state index in [4.69, 9.17) is 4.42 Å². The average Bonchev–Trinajstić information content (AvgIpc) is 3.24. The lowest BCUT2D eigenvalue weighted by atomic mass is 10.2. The molecule has 0 N–H and O–H groups in total. The Balaban J connectivity index is 1.57. The molecule has 0 bridgehead atoms. The maximum absolute atomic E-state index is 12.8. The second kappa shape index (κ2) is 8.29. The molecule has 0 spiro atoms. The van der Waals surface area contributed by atoms with Crippen molar-refractivity contribution < 1.29 is 9.34 Å². The van der Waals surface area contributed by atoms with Gasteiger partial charge in [0.1, 0.15) is 0 Å². The number of nitrogens with zero attached hydrogens (tertiary/aromatic N) is 5. The summed E-state index contributed by atoms with van der Waals surface area (Å²) in [6.45, 7) is 4.04. The summed E-state index contributed by atoms with van der Waals surface area (Å²) in [6, 6.07) is 13.0. The first-order chi connectivity index (χ1) is 14.6. The maximum Gasteiger partial charge on any atom is 0.269 e. The predicted molar refractivity (Wildman–Crippen MR) is 112 cm³/mol. The summed E-state index contributed by atoms with van der Waals surface area (Å²) < 4.78 is 7.21. The fourth-order valence-corrected chi connectivity index (χ4v) is 3.67. The largest absolute Gasteiger partial charge is 0.420 e. The van der Waals surface area contributed by atoms with E-state index in [0.717, 1.165) is 0 Å². The van der Waals surface area contributed by atoms with Gasteiger partial charge < -0.3 is 4.42 Å². The molecule has 0 saturated carbocycles. The van der Waals surface area contributed by atoms with Crippen molar-refractivity contribution in [3.8, 4) is 11.5 Å². The molecule has 4 aromatic rings. The molecular formula is C20H15N5O4S. The van der Waals surface area contributed by atoms with E-state index in [9.17, 15) is 14.9 Å². The van der Waals surface area contributed by atoms with Crippen LogP contribution in [-0.2, 0) is 12.3 Å². The number of nitro benzene ring substituents is 1. The minimum absolute atomic E-state index is 0.0170. The lowest BCUT2D eigenvalue weighted by Crippen LogP contribution is -2.22. The minimum Gasteiger partial charge on any atom is -0.420 e. The molecule has 0 fully saturated rings. The molecule has 30 heavy (non-hydrogen) atoms. The van der Waals surface area contributed by atoms with Crippen LogP contribution in [-0.4, -0.2) is 24.7 Å². The van der Waals surface area contributed by atoms with E-state index in [0.29, 0.717) is 39.8 Å². The number of thioether (sulfide) groups is 1. The van der Waals surface area contributed by atoms with Crippen molar-refractivity contribution in [1.29, 1.82) is 0 Å². The molecule has 2 heterocycles. The number of fused-ring (bicyclic) bond motifs is 1. The molecule has 2 aromatic heterocycles. The highest BCUT2D eigenvalue weighted by molar-refractivity contribution is 7.98. The van der Waals surface area contributed by atoms with E-state index in [1.54, 1.807) is 41.0 Å². The molecule has 0 aliphatic rings. The van der Waals surface area contributed by atoms with Crippen LogP contribution in [0.5, 0.6) is 0 Å². The molecule has 0 radical (unpaired) electrons. The molecular weight excluding hydrogens is 406 g/mol. The van der Waals surface area contributed by atoms with Crippen molar-refractivity contribution in [1.82, 2.24) is 19.7 Å². The molecule has 0 unspecified atom stereocenters. The number of benzene rings is 2. The highest BCUT2D eigenvalue weighted by Gasteiger charge is 2.14. The molecule has 10 heteroatoms. The summed E-state index contributed by atoms with van der Waals surface area (Å²) in [7, 11) is 0. The fraction of sp³-hybridized carbons (Fsp3) is 0.100.